The fourth-order valence-corrected chi connectivity index (χ4v) is 3.57. The van der Waals surface area contributed by atoms with Gasteiger partial charge < -0.3 is 25.6 Å². The summed E-state index contributed by atoms with van der Waals surface area (Å²) in [5.41, 5.74) is 7.21. The lowest BCUT2D eigenvalue weighted by Crippen LogP contribution is -2.29. The van der Waals surface area contributed by atoms with Gasteiger partial charge in [0.1, 0.15) is 5.82 Å². The monoisotopic (exact) mass is 668 g/mol. The smallest absolute Gasteiger partial charge is 0.475 e. The maximum atomic E-state index is 10.6. The summed E-state index contributed by atoms with van der Waals surface area (Å²) in [6, 6.07) is 19.3. The van der Waals surface area contributed by atoms with Crippen LogP contribution in [0.2, 0.25) is 0 Å². The number of benzene rings is 2. The van der Waals surface area contributed by atoms with Crippen LogP contribution < -0.4 is 5.32 Å². The average molecular weight is 668 g/mol. The Morgan fingerprint density at radius 2 is 1.17 bits per heavy atom. The minimum atomic E-state index is -5.08. The number of imidazole rings is 1. The number of nitrogens with zero attached hydrogens (tertiary/aromatic N) is 2. The van der Waals surface area contributed by atoms with Gasteiger partial charge in [-0.2, -0.15) is 39.5 Å². The summed E-state index contributed by atoms with van der Waals surface area (Å²) in [7, 11) is 0. The van der Waals surface area contributed by atoms with Gasteiger partial charge in [0.05, 0.1) is 17.1 Å². The van der Waals surface area contributed by atoms with Crippen LogP contribution in [-0.2, 0) is 27.3 Å². The summed E-state index contributed by atoms with van der Waals surface area (Å²) in [5, 5.41) is 25.0. The lowest BCUT2D eigenvalue weighted by atomic mass is 9.96. The highest BCUT2D eigenvalue weighted by Crippen LogP contribution is 2.28. The molecule has 0 aliphatic carbocycles. The van der Waals surface area contributed by atoms with E-state index in [2.05, 4.69) is 57.7 Å². The highest BCUT2D eigenvalue weighted by atomic mass is 19.4. The van der Waals surface area contributed by atoms with Gasteiger partial charge >= 0.3 is 36.4 Å². The first-order valence-electron chi connectivity index (χ1n) is 12.3. The third-order valence-corrected chi connectivity index (χ3v) is 5.65. The molecule has 10 nitrogen and oxygen atoms in total. The van der Waals surface area contributed by atoms with Crippen LogP contribution in [0.3, 0.4) is 0 Å². The molecule has 1 aliphatic rings. The molecule has 0 saturated carbocycles. The molecule has 0 bridgehead atoms. The van der Waals surface area contributed by atoms with Crippen molar-refractivity contribution in [1.29, 1.82) is 0 Å². The highest BCUT2D eigenvalue weighted by Gasteiger charge is 2.39. The van der Waals surface area contributed by atoms with Crippen LogP contribution in [0.4, 0.5) is 39.5 Å². The normalized spacial score (nSPS) is 14.2. The van der Waals surface area contributed by atoms with Gasteiger partial charge in [-0.05, 0) is 52.9 Å². The van der Waals surface area contributed by atoms with Crippen molar-refractivity contribution in [2.75, 3.05) is 0 Å². The topological polar surface area (TPSA) is 165 Å². The second-order valence-corrected chi connectivity index (χ2v) is 8.90. The number of pyridine rings is 1. The van der Waals surface area contributed by atoms with Crippen molar-refractivity contribution in [3.63, 3.8) is 0 Å². The molecule has 248 valence electrons. The summed E-state index contributed by atoms with van der Waals surface area (Å²) in [6.45, 7) is 0.889. The van der Waals surface area contributed by atoms with Gasteiger partial charge in [0, 0.05) is 18.9 Å². The molecule has 2 aromatic carbocycles. The molecule has 0 unspecified atom stereocenters. The van der Waals surface area contributed by atoms with Crippen molar-refractivity contribution >= 4 is 28.9 Å². The van der Waals surface area contributed by atoms with Gasteiger partial charge in [0.25, 0.3) is 0 Å². The van der Waals surface area contributed by atoms with E-state index < -0.39 is 36.4 Å². The molecule has 0 fully saturated rings. The predicted octanol–water partition coefficient (Wildman–Crippen LogP) is 5.91. The van der Waals surface area contributed by atoms with Crippen LogP contribution in [0.5, 0.6) is 0 Å². The number of alkyl halides is 9. The number of rotatable bonds is 2. The maximum Gasteiger partial charge on any atom is 0.490 e. The van der Waals surface area contributed by atoms with E-state index >= 15 is 0 Å². The predicted molar refractivity (Wildman–Crippen MR) is 140 cm³/mol. The minimum absolute atomic E-state index is 0.228. The second-order valence-electron chi connectivity index (χ2n) is 8.90. The molecule has 0 amide bonds. The number of aliphatic carboxylic acids is 3. The number of fused-ring (bicyclic) bond motifs is 2. The van der Waals surface area contributed by atoms with E-state index in [9.17, 15) is 39.5 Å². The molecule has 19 heteroatoms. The first-order valence-corrected chi connectivity index (χ1v) is 12.3. The van der Waals surface area contributed by atoms with Gasteiger partial charge in [-0.1, -0.05) is 30.3 Å². The molecule has 46 heavy (non-hydrogen) atoms. The number of carboxylic acid groups (broad SMARTS) is 3. The molecule has 0 spiro atoms. The largest absolute Gasteiger partial charge is 0.490 e. The minimum Gasteiger partial charge on any atom is -0.475 e. The second kappa shape index (κ2) is 15.2. The summed E-state index contributed by atoms with van der Waals surface area (Å²) < 4.78 is 95.2. The molecule has 1 aliphatic heterocycles. The quantitative estimate of drug-likeness (QED) is 0.163. The Hall–Kier alpha value is -5.20. The Morgan fingerprint density at radius 1 is 0.696 bits per heavy atom. The molecule has 2 aromatic heterocycles. The van der Waals surface area contributed by atoms with Crippen LogP contribution in [-0.4, -0.2) is 66.7 Å². The third kappa shape index (κ3) is 11.4. The van der Waals surface area contributed by atoms with Crippen molar-refractivity contribution in [2.45, 2.75) is 37.5 Å². The van der Waals surface area contributed by atoms with E-state index in [1.54, 1.807) is 0 Å². The zero-order chi connectivity index (χ0) is 34.9. The van der Waals surface area contributed by atoms with Crippen molar-refractivity contribution < 1.29 is 69.2 Å². The van der Waals surface area contributed by atoms with Crippen molar-refractivity contribution in [3.05, 3.63) is 83.9 Å². The Morgan fingerprint density at radius 3 is 1.65 bits per heavy atom. The van der Waals surface area contributed by atoms with Crippen LogP contribution >= 0.6 is 0 Å². The van der Waals surface area contributed by atoms with Gasteiger partial charge in [0.2, 0.25) is 0 Å². The molecule has 4 aromatic rings. The number of aromatic nitrogens is 3. The van der Waals surface area contributed by atoms with Gasteiger partial charge in [0.15, 0.2) is 0 Å². The summed E-state index contributed by atoms with van der Waals surface area (Å²) in [4.78, 5) is 39.1. The van der Waals surface area contributed by atoms with Crippen molar-refractivity contribution in [1.82, 2.24) is 20.3 Å². The molecular weight excluding hydrogens is 647 g/mol. The summed E-state index contributed by atoms with van der Waals surface area (Å²) in [5.74, 6) is -7.26. The van der Waals surface area contributed by atoms with E-state index in [-0.39, 0.29) is 6.04 Å². The lowest BCUT2D eigenvalue weighted by molar-refractivity contribution is -0.193. The van der Waals surface area contributed by atoms with Gasteiger partial charge in [-0.3, -0.25) is 4.98 Å². The van der Waals surface area contributed by atoms with Gasteiger partial charge in [-0.15, -0.1) is 0 Å². The summed E-state index contributed by atoms with van der Waals surface area (Å²) >= 11 is 0. The van der Waals surface area contributed by atoms with Gasteiger partial charge in [-0.25, -0.2) is 19.4 Å². The fourth-order valence-electron chi connectivity index (χ4n) is 3.57. The number of hydrogen-bond acceptors (Lipinski definition) is 6. The number of carbonyl (C=O) groups is 3. The Labute approximate surface area is 251 Å². The molecule has 3 heterocycles. The highest BCUT2D eigenvalue weighted by molar-refractivity contribution is 5.82. The van der Waals surface area contributed by atoms with Crippen LogP contribution in [0.15, 0.2) is 67.0 Å². The van der Waals surface area contributed by atoms with E-state index in [0.29, 0.717) is 0 Å². The number of carboxylic acids is 3. The number of aromatic amines is 1. The molecule has 5 N–H and O–H groups in total. The van der Waals surface area contributed by atoms with E-state index in [4.69, 9.17) is 34.7 Å². The third-order valence-electron chi connectivity index (χ3n) is 5.65. The number of hydrogen-bond donors (Lipinski definition) is 5. The van der Waals surface area contributed by atoms with Crippen LogP contribution in [0, 0.1) is 0 Å². The lowest BCUT2D eigenvalue weighted by Gasteiger charge is -2.24. The van der Waals surface area contributed by atoms with Crippen LogP contribution in [0.1, 0.15) is 23.0 Å². The Bertz CT molecular complexity index is 1580. The van der Waals surface area contributed by atoms with E-state index in [0.717, 1.165) is 35.4 Å². The first kappa shape index (κ1) is 37.0. The van der Waals surface area contributed by atoms with Crippen molar-refractivity contribution in [3.8, 4) is 11.1 Å². The zero-order valence-corrected chi connectivity index (χ0v) is 22.7. The number of H-pyrrole nitrogens is 1. The first-order chi connectivity index (χ1) is 21.2. The molecule has 0 radical (unpaired) electrons. The SMILES string of the molecule is O=C(O)C(F)(F)F.O=C(O)C(F)(F)F.O=C(O)C(F)(F)F.c1ccc2c(c1)CN[C@H](c1nc3ccc(-c4ccncc4)cc3[nH]1)C2. The molecular formula is C27H21F9N4O6. The van der Waals surface area contributed by atoms with E-state index in [1.165, 1.54) is 16.7 Å². The van der Waals surface area contributed by atoms with Crippen LogP contribution in [0.25, 0.3) is 22.2 Å². The molecule has 0 saturated heterocycles. The molecule has 5 rings (SSSR count). The number of halogens is 9. The standard InChI is InChI=1S/C21H18N4.3C2HF3O2/c1-2-4-17-13-23-20(12-15(17)3-1)21-24-18-6-5-16(11-19(18)25-21)14-7-9-22-10-8-14;3*3-2(4,5)1(6)7/h1-11,20,23H,12-13H2,(H,24,25);3*(H,6,7)/t20-;;;/m0.../s1. The number of nitrogens with one attached hydrogen (secondary N) is 2. The average Bonchev–Trinajstić information content (AvgIpc) is 3.40. The maximum absolute atomic E-state index is 10.6. The fraction of sp³-hybridized carbons (Fsp3) is 0.222. The molecule has 1 atom stereocenters. The Kier molecular flexibility index (Phi) is 12.2. The van der Waals surface area contributed by atoms with Crippen molar-refractivity contribution in [2.24, 2.45) is 0 Å². The van der Waals surface area contributed by atoms with E-state index in [1.807, 2.05) is 24.5 Å². The Balaban J connectivity index is 0.000000289. The summed E-state index contributed by atoms with van der Waals surface area (Å²) in [6.07, 6.45) is -10.6. The zero-order valence-electron chi connectivity index (χ0n) is 22.7.